The van der Waals surface area contributed by atoms with E-state index in [0.29, 0.717) is 38.3 Å². The Morgan fingerprint density at radius 1 is 1.00 bits per heavy atom. The molecular formula is C32H39N5O3. The molecule has 2 unspecified atom stereocenters. The largest absolute Gasteiger partial charge is 0.387 e. The number of benzene rings is 2. The van der Waals surface area contributed by atoms with Crippen molar-refractivity contribution in [2.45, 2.75) is 56.7 Å². The number of urea groups is 1. The molecule has 3 fully saturated rings. The van der Waals surface area contributed by atoms with Crippen LogP contribution in [0, 0.1) is 5.41 Å². The highest BCUT2D eigenvalue weighted by Gasteiger charge is 2.56. The second-order valence-electron chi connectivity index (χ2n) is 12.0. The highest BCUT2D eigenvalue weighted by Crippen LogP contribution is 2.52. The highest BCUT2D eigenvalue weighted by atomic mass is 16.3. The van der Waals surface area contributed by atoms with Crippen molar-refractivity contribution in [2.75, 3.05) is 32.7 Å². The second-order valence-corrected chi connectivity index (χ2v) is 12.0. The third-order valence-corrected chi connectivity index (χ3v) is 9.69. The molecule has 3 aliphatic rings. The molecule has 3 aromatic rings. The lowest BCUT2D eigenvalue weighted by Gasteiger charge is -2.54. The predicted molar refractivity (Wildman–Crippen MR) is 155 cm³/mol. The van der Waals surface area contributed by atoms with Gasteiger partial charge in [0.2, 0.25) is 0 Å². The van der Waals surface area contributed by atoms with Crippen LogP contribution in [0.15, 0.2) is 77.9 Å². The summed E-state index contributed by atoms with van der Waals surface area (Å²) >= 11 is 0. The number of piperidine rings is 1. The number of amides is 2. The number of carbonyl (C=O) groups is 1. The van der Waals surface area contributed by atoms with E-state index in [1.54, 1.807) is 17.0 Å². The fourth-order valence-electron chi connectivity index (χ4n) is 7.25. The van der Waals surface area contributed by atoms with Gasteiger partial charge < -0.3 is 20.2 Å². The van der Waals surface area contributed by atoms with E-state index in [-0.39, 0.29) is 18.1 Å². The Morgan fingerprint density at radius 2 is 1.70 bits per heavy atom. The molecule has 2 N–H and O–H groups in total. The van der Waals surface area contributed by atoms with Crippen LogP contribution in [0.4, 0.5) is 4.79 Å². The van der Waals surface area contributed by atoms with Crippen LogP contribution in [0.5, 0.6) is 0 Å². The zero-order chi connectivity index (χ0) is 27.8. The first-order valence-corrected chi connectivity index (χ1v) is 14.5. The number of likely N-dealkylation sites (tertiary alicyclic amines) is 1. The van der Waals surface area contributed by atoms with Gasteiger partial charge >= 0.3 is 6.03 Å². The Bertz CT molecular complexity index is 1400. The topological polar surface area (TPSA) is 90.7 Å². The quantitative estimate of drug-likeness (QED) is 0.524. The van der Waals surface area contributed by atoms with E-state index in [1.165, 1.54) is 0 Å². The molecule has 8 heteroatoms. The van der Waals surface area contributed by atoms with E-state index in [4.69, 9.17) is 0 Å². The molecule has 0 radical (unpaired) electrons. The third-order valence-electron chi connectivity index (χ3n) is 9.69. The lowest BCUT2D eigenvalue weighted by molar-refractivity contribution is -0.137. The van der Waals surface area contributed by atoms with Crippen LogP contribution >= 0.6 is 0 Å². The number of hydrogen-bond donors (Lipinski definition) is 2. The van der Waals surface area contributed by atoms with E-state index in [2.05, 4.69) is 29.4 Å². The number of hydrogen-bond acceptors (Lipinski definition) is 5. The van der Waals surface area contributed by atoms with E-state index >= 15 is 0 Å². The highest BCUT2D eigenvalue weighted by molar-refractivity contribution is 5.76. The van der Waals surface area contributed by atoms with E-state index < -0.39 is 16.6 Å². The number of aromatic nitrogens is 2. The van der Waals surface area contributed by atoms with Gasteiger partial charge in [-0.25, -0.2) is 9.78 Å². The Labute approximate surface area is 235 Å². The third kappa shape index (κ3) is 4.63. The standard InChI is InChI=1S/C32H39N5O3/c1-30(26-12-6-3-7-13-26)21-33-17-19-37(30)29(39)35-18-16-32(40,31(22-35)14-8-9-15-31)23-36-24-34-27(20-28(36)38)25-10-4-2-5-11-25/h2-7,10-13,20,24,33,40H,8-9,14-19,21-23H2,1H3. The average Bonchev–Trinajstić information content (AvgIpc) is 3.46. The summed E-state index contributed by atoms with van der Waals surface area (Å²) in [7, 11) is 0. The first kappa shape index (κ1) is 26.7. The number of nitrogens with zero attached hydrogens (tertiary/aromatic N) is 4. The molecule has 0 bridgehead atoms. The van der Waals surface area contributed by atoms with Gasteiger partial charge in [0.25, 0.3) is 5.56 Å². The molecule has 2 saturated heterocycles. The first-order chi connectivity index (χ1) is 19.3. The van der Waals surface area contributed by atoms with Crippen LogP contribution in [0.2, 0.25) is 0 Å². The number of nitrogens with one attached hydrogen (secondary N) is 1. The number of aliphatic hydroxyl groups is 1. The maximum Gasteiger partial charge on any atom is 0.320 e. The smallest absolute Gasteiger partial charge is 0.320 e. The molecule has 1 spiro atoms. The SMILES string of the molecule is CC1(c2ccccc2)CNCCN1C(=O)N1CCC(O)(Cn2cnc(-c3ccccc3)cc2=O)C2(CCCC2)C1. The first-order valence-electron chi connectivity index (χ1n) is 14.5. The molecule has 1 saturated carbocycles. The summed E-state index contributed by atoms with van der Waals surface area (Å²) in [6.45, 7) is 5.36. The summed E-state index contributed by atoms with van der Waals surface area (Å²) in [5, 5.41) is 15.7. The summed E-state index contributed by atoms with van der Waals surface area (Å²) in [4.78, 5) is 35.8. The van der Waals surface area contributed by atoms with Crippen LogP contribution in [-0.4, -0.2) is 68.8 Å². The summed E-state index contributed by atoms with van der Waals surface area (Å²) in [6, 6.07) is 21.5. The molecule has 2 atom stereocenters. The Balaban J connectivity index is 1.24. The molecule has 8 nitrogen and oxygen atoms in total. The minimum absolute atomic E-state index is 0.0345. The Hall–Kier alpha value is -3.49. The molecule has 40 heavy (non-hydrogen) atoms. The van der Waals surface area contributed by atoms with Crippen molar-refractivity contribution in [3.63, 3.8) is 0 Å². The van der Waals surface area contributed by atoms with Gasteiger partial charge in [0.05, 0.1) is 29.7 Å². The van der Waals surface area contributed by atoms with E-state index in [0.717, 1.165) is 43.4 Å². The van der Waals surface area contributed by atoms with Crippen molar-refractivity contribution in [3.05, 3.63) is 89.0 Å². The fraction of sp³-hybridized carbons (Fsp3) is 0.469. The van der Waals surface area contributed by atoms with Crippen molar-refractivity contribution in [1.29, 1.82) is 0 Å². The summed E-state index contributed by atoms with van der Waals surface area (Å²) in [5.74, 6) is 0. The molecule has 210 valence electrons. The van der Waals surface area contributed by atoms with Crippen molar-refractivity contribution in [2.24, 2.45) is 5.41 Å². The van der Waals surface area contributed by atoms with Gasteiger partial charge in [-0.15, -0.1) is 0 Å². The minimum atomic E-state index is -1.09. The summed E-state index contributed by atoms with van der Waals surface area (Å²) in [6.07, 6.45) is 5.71. The normalized spacial score (nSPS) is 26.2. The molecule has 2 aliphatic heterocycles. The number of piperazine rings is 1. The summed E-state index contributed by atoms with van der Waals surface area (Å²) < 4.78 is 1.55. The number of carbonyl (C=O) groups excluding carboxylic acids is 1. The lowest BCUT2D eigenvalue weighted by Crippen LogP contribution is -2.67. The zero-order valence-corrected chi connectivity index (χ0v) is 23.3. The van der Waals surface area contributed by atoms with E-state index in [9.17, 15) is 14.7 Å². The van der Waals surface area contributed by atoms with Crippen LogP contribution in [-0.2, 0) is 12.1 Å². The molecular weight excluding hydrogens is 502 g/mol. The maximum absolute atomic E-state index is 14.2. The molecule has 2 amide bonds. The van der Waals surface area contributed by atoms with Crippen molar-refractivity contribution in [1.82, 2.24) is 24.7 Å². The average molecular weight is 542 g/mol. The second kappa shape index (κ2) is 10.5. The van der Waals surface area contributed by atoms with E-state index in [1.807, 2.05) is 58.3 Å². The van der Waals surface area contributed by atoms with Crippen molar-refractivity contribution >= 4 is 6.03 Å². The lowest BCUT2D eigenvalue weighted by atomic mass is 9.66. The van der Waals surface area contributed by atoms with Crippen LogP contribution in [0.3, 0.4) is 0 Å². The molecule has 6 rings (SSSR count). The Kier molecular flexibility index (Phi) is 7.00. The number of rotatable bonds is 4. The van der Waals surface area contributed by atoms with Gasteiger partial charge in [-0.3, -0.25) is 9.36 Å². The zero-order valence-electron chi connectivity index (χ0n) is 23.3. The van der Waals surface area contributed by atoms with Crippen LogP contribution in [0.25, 0.3) is 11.3 Å². The molecule has 2 aromatic carbocycles. The molecule has 1 aliphatic carbocycles. The van der Waals surface area contributed by atoms with Crippen LogP contribution in [0.1, 0.15) is 44.6 Å². The van der Waals surface area contributed by atoms with Gasteiger partial charge in [0.15, 0.2) is 0 Å². The van der Waals surface area contributed by atoms with Gasteiger partial charge in [0.1, 0.15) is 0 Å². The molecule has 1 aromatic heterocycles. The Morgan fingerprint density at radius 3 is 2.40 bits per heavy atom. The van der Waals surface area contributed by atoms with Gasteiger partial charge in [-0.2, -0.15) is 0 Å². The maximum atomic E-state index is 14.2. The summed E-state index contributed by atoms with van der Waals surface area (Å²) in [5.41, 5.74) is 0.468. The van der Waals surface area contributed by atoms with Gasteiger partial charge in [0, 0.05) is 49.8 Å². The van der Waals surface area contributed by atoms with Crippen molar-refractivity contribution in [3.8, 4) is 11.3 Å². The molecule has 3 heterocycles. The van der Waals surface area contributed by atoms with Crippen LogP contribution < -0.4 is 10.9 Å². The predicted octanol–water partition coefficient (Wildman–Crippen LogP) is 3.85. The van der Waals surface area contributed by atoms with Crippen molar-refractivity contribution < 1.29 is 9.90 Å². The minimum Gasteiger partial charge on any atom is -0.387 e. The van der Waals surface area contributed by atoms with Gasteiger partial charge in [-0.1, -0.05) is 73.5 Å². The fourth-order valence-corrected chi connectivity index (χ4v) is 7.25. The van der Waals surface area contributed by atoms with Gasteiger partial charge in [-0.05, 0) is 31.7 Å². The monoisotopic (exact) mass is 541 g/mol.